The van der Waals surface area contributed by atoms with Crippen LogP contribution in [-0.4, -0.2) is 36.3 Å². The van der Waals surface area contributed by atoms with Crippen LogP contribution in [0.15, 0.2) is 55.1 Å². The van der Waals surface area contributed by atoms with Gasteiger partial charge in [-0.1, -0.05) is 44.9 Å². The Morgan fingerprint density at radius 2 is 1.68 bits per heavy atom. The summed E-state index contributed by atoms with van der Waals surface area (Å²) in [6.07, 6.45) is 5.45. The molecule has 1 aliphatic heterocycles. The largest absolute Gasteiger partial charge is 0.419 e. The number of benzene rings is 1. The van der Waals surface area contributed by atoms with Crippen LogP contribution >= 0.6 is 0 Å². The van der Waals surface area contributed by atoms with E-state index in [0.717, 1.165) is 77.3 Å². The maximum absolute atomic E-state index is 13.1. The monoisotopic (exact) mass is 545 g/mol. The van der Waals surface area contributed by atoms with Crippen molar-refractivity contribution in [1.82, 2.24) is 29.7 Å². The fourth-order valence-corrected chi connectivity index (χ4v) is 5.56. The van der Waals surface area contributed by atoms with Gasteiger partial charge in [0.1, 0.15) is 5.65 Å². The average Bonchev–Trinajstić information content (AvgIpc) is 3.57. The van der Waals surface area contributed by atoms with Gasteiger partial charge in [-0.05, 0) is 36.1 Å². The van der Waals surface area contributed by atoms with Crippen molar-refractivity contribution < 1.29 is 13.2 Å². The van der Waals surface area contributed by atoms with E-state index in [1.54, 1.807) is 0 Å². The van der Waals surface area contributed by atoms with Crippen LogP contribution < -0.4 is 4.90 Å². The van der Waals surface area contributed by atoms with Gasteiger partial charge in [0.2, 0.25) is 5.95 Å². The Balaban J connectivity index is 1.51. The van der Waals surface area contributed by atoms with Crippen LogP contribution in [0.5, 0.6) is 0 Å². The second kappa shape index (κ2) is 10.4. The molecule has 0 radical (unpaired) electrons. The smallest absolute Gasteiger partial charge is 0.346 e. The number of nitrogens with one attached hydrogen (secondary N) is 1. The molecule has 5 aromatic rings. The van der Waals surface area contributed by atoms with E-state index in [1.807, 2.05) is 23.4 Å². The molecule has 1 N–H and O–H groups in total. The summed E-state index contributed by atoms with van der Waals surface area (Å²) in [4.78, 5) is 17.9. The Morgan fingerprint density at radius 1 is 0.950 bits per heavy atom. The number of fused-ring (bicyclic) bond motifs is 2. The summed E-state index contributed by atoms with van der Waals surface area (Å²) in [7, 11) is 0. The summed E-state index contributed by atoms with van der Waals surface area (Å²) in [5.41, 5.74) is 7.42. The summed E-state index contributed by atoms with van der Waals surface area (Å²) in [6, 6.07) is 10.6. The van der Waals surface area contributed by atoms with Gasteiger partial charge in [0.05, 0.1) is 22.6 Å². The van der Waals surface area contributed by atoms with Crippen molar-refractivity contribution in [2.24, 2.45) is 0 Å². The topological polar surface area (TPSA) is 75.5 Å². The summed E-state index contributed by atoms with van der Waals surface area (Å²) >= 11 is 0. The molecule has 6 rings (SSSR count). The molecule has 0 unspecified atom stereocenters. The number of aryl methyl sites for hydroxylation is 2. The Kier molecular flexibility index (Phi) is 6.77. The minimum absolute atomic E-state index is 0.273. The van der Waals surface area contributed by atoms with E-state index in [-0.39, 0.29) is 5.95 Å². The van der Waals surface area contributed by atoms with Gasteiger partial charge in [0.15, 0.2) is 0 Å². The van der Waals surface area contributed by atoms with Gasteiger partial charge in [-0.15, -0.1) is 0 Å². The molecular formula is C30H30F3N7. The van der Waals surface area contributed by atoms with E-state index in [4.69, 9.17) is 5.10 Å². The average molecular weight is 546 g/mol. The second-order valence-electron chi connectivity index (χ2n) is 10.2. The maximum atomic E-state index is 13.1. The number of rotatable bonds is 7. The van der Waals surface area contributed by atoms with Crippen LogP contribution in [0.1, 0.15) is 54.6 Å². The highest BCUT2D eigenvalue weighted by atomic mass is 19.4. The van der Waals surface area contributed by atoms with Gasteiger partial charge < -0.3 is 9.88 Å². The first-order chi connectivity index (χ1) is 19.4. The van der Waals surface area contributed by atoms with Crippen molar-refractivity contribution in [3.63, 3.8) is 0 Å². The molecule has 0 saturated heterocycles. The van der Waals surface area contributed by atoms with Gasteiger partial charge in [0, 0.05) is 60.8 Å². The number of hydrogen-bond acceptors (Lipinski definition) is 5. The van der Waals surface area contributed by atoms with Crippen LogP contribution in [0.3, 0.4) is 0 Å². The molecule has 10 heteroatoms. The van der Waals surface area contributed by atoms with Crippen LogP contribution in [0.25, 0.3) is 28.0 Å². The van der Waals surface area contributed by atoms with Crippen LogP contribution in [0.2, 0.25) is 0 Å². The van der Waals surface area contributed by atoms with Crippen LogP contribution in [0.4, 0.5) is 19.1 Å². The zero-order valence-electron chi connectivity index (χ0n) is 22.5. The van der Waals surface area contributed by atoms with E-state index < -0.39 is 11.7 Å². The lowest BCUT2D eigenvalue weighted by Crippen LogP contribution is -2.31. The number of nitrogens with zero attached hydrogens (tertiary/aromatic N) is 6. The minimum Gasteiger partial charge on any atom is -0.346 e. The highest BCUT2D eigenvalue weighted by molar-refractivity contribution is 5.82. The number of pyridine rings is 1. The SMILES string of the molecule is CCCc1cccc(CCC)c1-n1nc2c(c1-c1cnc3[nH]ccc3c1)CN(c1ncc(C(F)(F)F)cn1)CC2. The van der Waals surface area contributed by atoms with Crippen LogP contribution in [-0.2, 0) is 32.0 Å². The first kappa shape index (κ1) is 26.0. The molecule has 4 aromatic heterocycles. The van der Waals surface area contributed by atoms with Crippen molar-refractivity contribution in [2.45, 2.75) is 58.7 Å². The van der Waals surface area contributed by atoms with Gasteiger partial charge in [-0.3, -0.25) is 0 Å². The lowest BCUT2D eigenvalue weighted by Gasteiger charge is -2.27. The zero-order valence-corrected chi connectivity index (χ0v) is 22.5. The number of aromatic nitrogens is 6. The second-order valence-corrected chi connectivity index (χ2v) is 10.2. The predicted molar refractivity (Wildman–Crippen MR) is 148 cm³/mol. The molecule has 0 amide bonds. The molecule has 0 fully saturated rings. The van der Waals surface area contributed by atoms with Crippen molar-refractivity contribution in [3.05, 3.63) is 83.1 Å². The number of H-pyrrole nitrogens is 1. The van der Waals surface area contributed by atoms with Crippen LogP contribution in [0, 0.1) is 0 Å². The van der Waals surface area contributed by atoms with Gasteiger partial charge in [0.25, 0.3) is 0 Å². The molecule has 1 aromatic carbocycles. The molecule has 0 aliphatic carbocycles. The highest BCUT2D eigenvalue weighted by Crippen LogP contribution is 2.37. The van der Waals surface area contributed by atoms with Crippen molar-refractivity contribution in [1.29, 1.82) is 0 Å². The molecule has 206 valence electrons. The number of anilines is 1. The van der Waals surface area contributed by atoms with Gasteiger partial charge in [-0.25, -0.2) is 19.6 Å². The summed E-state index contributed by atoms with van der Waals surface area (Å²) in [6.45, 7) is 5.34. The number of halogens is 3. The third-order valence-electron chi connectivity index (χ3n) is 7.41. The summed E-state index contributed by atoms with van der Waals surface area (Å²) in [5, 5.41) is 6.18. The zero-order chi connectivity index (χ0) is 27.9. The first-order valence-electron chi connectivity index (χ1n) is 13.7. The standard InChI is InChI=1S/C30H30F3N7/c1-3-6-19-8-5-9-20(7-4-2)26(19)40-27(22-14-21-10-12-34-28(21)35-15-22)24-18-39(13-11-25(24)38-40)29-36-16-23(17-37-29)30(31,32)33/h5,8-10,12,14-17H,3-4,6-7,11,13,18H2,1-2H3,(H,34,35). The quantitative estimate of drug-likeness (QED) is 0.247. The number of para-hydroxylation sites is 1. The van der Waals surface area contributed by atoms with Crippen molar-refractivity contribution in [2.75, 3.05) is 11.4 Å². The lowest BCUT2D eigenvalue weighted by molar-refractivity contribution is -0.138. The molecule has 0 bridgehead atoms. The van der Waals surface area contributed by atoms with E-state index in [1.165, 1.54) is 11.1 Å². The van der Waals surface area contributed by atoms with Gasteiger partial charge in [-0.2, -0.15) is 18.3 Å². The van der Waals surface area contributed by atoms with E-state index in [9.17, 15) is 13.2 Å². The minimum atomic E-state index is -4.48. The number of alkyl halides is 3. The Labute approximate surface area is 230 Å². The molecule has 0 atom stereocenters. The Morgan fingerprint density at radius 3 is 2.35 bits per heavy atom. The van der Waals surface area contributed by atoms with E-state index in [0.29, 0.717) is 19.5 Å². The van der Waals surface area contributed by atoms with E-state index >= 15 is 0 Å². The third kappa shape index (κ3) is 4.71. The third-order valence-corrected chi connectivity index (χ3v) is 7.41. The normalized spacial score (nSPS) is 13.7. The fourth-order valence-electron chi connectivity index (χ4n) is 5.56. The fraction of sp³-hybridized carbons (Fsp3) is 0.333. The molecule has 5 heterocycles. The Bertz CT molecular complexity index is 1630. The lowest BCUT2D eigenvalue weighted by atomic mass is 9.98. The molecule has 1 aliphatic rings. The molecule has 0 saturated carbocycles. The summed E-state index contributed by atoms with van der Waals surface area (Å²) in [5.74, 6) is 0.273. The van der Waals surface area contributed by atoms with Gasteiger partial charge >= 0.3 is 6.18 Å². The molecule has 7 nitrogen and oxygen atoms in total. The highest BCUT2D eigenvalue weighted by Gasteiger charge is 2.33. The van der Waals surface area contributed by atoms with Crippen molar-refractivity contribution in [3.8, 4) is 16.9 Å². The van der Waals surface area contributed by atoms with E-state index in [2.05, 4.69) is 62.7 Å². The predicted octanol–water partition coefficient (Wildman–Crippen LogP) is 6.69. The first-order valence-corrected chi connectivity index (χ1v) is 13.7. The van der Waals surface area contributed by atoms with Crippen molar-refractivity contribution >= 4 is 17.0 Å². The molecule has 0 spiro atoms. The molecule has 40 heavy (non-hydrogen) atoms. The Hall–Kier alpha value is -4.21. The molecular weight excluding hydrogens is 515 g/mol. The summed E-state index contributed by atoms with van der Waals surface area (Å²) < 4.78 is 41.4. The number of aromatic amines is 1. The maximum Gasteiger partial charge on any atom is 0.419 e. The number of hydrogen-bond donors (Lipinski definition) is 1.